The Kier molecular flexibility index (Phi) is 2.85. The number of carboxylic acids is 1. The molecule has 0 radical (unpaired) electrons. The van der Waals surface area contributed by atoms with Crippen LogP contribution in [0, 0.1) is 21.4 Å². The number of carboxylic acid groups (broad SMARTS) is 1. The molecule has 1 N–H and O–H groups in total. The maximum absolute atomic E-state index is 13.6. The van der Waals surface area contributed by atoms with Gasteiger partial charge in [-0.2, -0.15) is 5.26 Å². The molecule has 0 fully saturated rings. The molecular weight excluding hydrogens is 219 g/mol. The third-order valence-electron chi connectivity index (χ3n) is 1.92. The van der Waals surface area contributed by atoms with Gasteiger partial charge >= 0.3 is 11.6 Å². The Morgan fingerprint density at radius 2 is 2.00 bits per heavy atom. The Labute approximate surface area is 88.7 Å². The Balaban J connectivity index is 3.21. The molecule has 7 heteroatoms. The molecule has 82 valence electrons. The Morgan fingerprint density at radius 1 is 1.50 bits per heavy atom. The lowest BCUT2D eigenvalue weighted by molar-refractivity contribution is -0.384. The van der Waals surface area contributed by atoms with Gasteiger partial charge in [0.1, 0.15) is 6.07 Å². The molecule has 0 aliphatic carbocycles. The van der Waals surface area contributed by atoms with Crippen molar-refractivity contribution in [2.45, 2.75) is 5.67 Å². The third-order valence-corrected chi connectivity index (χ3v) is 1.92. The molecule has 0 aliphatic rings. The molecule has 0 saturated heterocycles. The number of rotatable bonds is 3. The molecule has 16 heavy (non-hydrogen) atoms. The molecule has 0 saturated carbocycles. The van der Waals surface area contributed by atoms with Crippen molar-refractivity contribution in [1.82, 2.24) is 0 Å². The second kappa shape index (κ2) is 3.94. The summed E-state index contributed by atoms with van der Waals surface area (Å²) < 4.78 is 13.6. The van der Waals surface area contributed by atoms with Gasteiger partial charge in [-0.05, 0) is 12.1 Å². The Bertz CT molecular complexity index is 479. The summed E-state index contributed by atoms with van der Waals surface area (Å²) in [5, 5.41) is 27.3. The normalized spacial score (nSPS) is 13.5. The summed E-state index contributed by atoms with van der Waals surface area (Å²) in [6.07, 6.45) is 0. The van der Waals surface area contributed by atoms with Crippen LogP contribution in [0.4, 0.5) is 10.1 Å². The van der Waals surface area contributed by atoms with Crippen molar-refractivity contribution in [3.63, 3.8) is 0 Å². The van der Waals surface area contributed by atoms with Crippen LogP contribution in [0.3, 0.4) is 0 Å². The van der Waals surface area contributed by atoms with E-state index < -0.39 is 22.1 Å². The average molecular weight is 224 g/mol. The number of nitrogens with zero attached hydrogens (tertiary/aromatic N) is 2. The zero-order valence-corrected chi connectivity index (χ0v) is 7.75. The van der Waals surface area contributed by atoms with Crippen LogP contribution >= 0.6 is 0 Å². The topological polar surface area (TPSA) is 104 Å². The number of carbonyl (C=O) groups is 1. The van der Waals surface area contributed by atoms with Crippen molar-refractivity contribution < 1.29 is 19.2 Å². The van der Waals surface area contributed by atoms with Crippen LogP contribution < -0.4 is 0 Å². The number of nitro benzene ring substituents is 1. The van der Waals surface area contributed by atoms with Crippen molar-refractivity contribution in [3.8, 4) is 6.07 Å². The first-order valence-electron chi connectivity index (χ1n) is 4.00. The second-order valence-corrected chi connectivity index (χ2v) is 2.88. The quantitative estimate of drug-likeness (QED) is 0.616. The summed E-state index contributed by atoms with van der Waals surface area (Å²) in [5.74, 6) is -1.95. The third kappa shape index (κ3) is 1.81. The lowest BCUT2D eigenvalue weighted by Crippen LogP contribution is -2.28. The van der Waals surface area contributed by atoms with Crippen LogP contribution in [-0.4, -0.2) is 16.0 Å². The van der Waals surface area contributed by atoms with Crippen LogP contribution in [0.15, 0.2) is 24.3 Å². The number of nitriles is 1. The maximum atomic E-state index is 13.6. The first kappa shape index (κ1) is 11.6. The lowest BCUT2D eigenvalue weighted by Gasteiger charge is -2.11. The van der Waals surface area contributed by atoms with Gasteiger partial charge in [0.25, 0.3) is 5.69 Å². The molecule has 1 rings (SSSR count). The van der Waals surface area contributed by atoms with Gasteiger partial charge in [0, 0.05) is 17.7 Å². The molecule has 0 aliphatic heterocycles. The first-order valence-corrected chi connectivity index (χ1v) is 4.00. The van der Waals surface area contributed by atoms with E-state index in [0.717, 1.165) is 30.3 Å². The van der Waals surface area contributed by atoms with Crippen molar-refractivity contribution in [3.05, 3.63) is 39.9 Å². The average Bonchev–Trinajstić information content (AvgIpc) is 2.27. The summed E-state index contributed by atoms with van der Waals surface area (Å²) in [6, 6.07) is 4.67. The van der Waals surface area contributed by atoms with Gasteiger partial charge in [-0.15, -0.1) is 0 Å². The minimum absolute atomic E-state index is 0.311. The zero-order chi connectivity index (χ0) is 12.3. The highest BCUT2D eigenvalue weighted by Crippen LogP contribution is 2.27. The fourth-order valence-electron chi connectivity index (χ4n) is 1.05. The highest BCUT2D eigenvalue weighted by atomic mass is 19.1. The fraction of sp³-hybridized carbons (Fsp3) is 0.111. The monoisotopic (exact) mass is 224 g/mol. The Morgan fingerprint density at radius 3 is 2.31 bits per heavy atom. The van der Waals surface area contributed by atoms with Crippen LogP contribution in [0.25, 0.3) is 0 Å². The molecule has 0 spiro atoms. The van der Waals surface area contributed by atoms with Crippen LogP contribution in [0.5, 0.6) is 0 Å². The summed E-state index contributed by atoms with van der Waals surface area (Å²) in [7, 11) is 0. The number of benzene rings is 1. The highest BCUT2D eigenvalue weighted by Gasteiger charge is 2.41. The predicted molar refractivity (Wildman–Crippen MR) is 49.1 cm³/mol. The summed E-state index contributed by atoms with van der Waals surface area (Å²) in [4.78, 5) is 20.1. The van der Waals surface area contributed by atoms with Gasteiger partial charge in [-0.3, -0.25) is 10.1 Å². The molecule has 1 unspecified atom stereocenters. The molecular formula is C9H5FN2O4. The first-order chi connectivity index (χ1) is 7.41. The lowest BCUT2D eigenvalue weighted by atomic mass is 9.97. The van der Waals surface area contributed by atoms with E-state index in [1.54, 1.807) is 0 Å². The smallest absolute Gasteiger partial charge is 0.361 e. The molecule has 1 atom stereocenters. The van der Waals surface area contributed by atoms with E-state index in [1.165, 1.54) is 0 Å². The standard InChI is InChI=1S/C9H5FN2O4/c10-9(5-11,8(13)14)6-1-3-7(4-2-6)12(15)16/h1-4H,(H,13,14). The van der Waals surface area contributed by atoms with E-state index in [4.69, 9.17) is 10.4 Å². The van der Waals surface area contributed by atoms with Crippen LogP contribution in [0.1, 0.15) is 5.56 Å². The van der Waals surface area contributed by atoms with Gasteiger partial charge in [0.05, 0.1) is 4.92 Å². The van der Waals surface area contributed by atoms with E-state index in [9.17, 15) is 19.3 Å². The number of hydrogen-bond donors (Lipinski definition) is 1. The highest BCUT2D eigenvalue weighted by molar-refractivity contribution is 5.82. The number of halogens is 1. The van der Waals surface area contributed by atoms with Gasteiger partial charge in [-0.1, -0.05) is 0 Å². The van der Waals surface area contributed by atoms with Crippen molar-refractivity contribution in [1.29, 1.82) is 5.26 Å². The number of hydrogen-bond acceptors (Lipinski definition) is 4. The van der Waals surface area contributed by atoms with E-state index >= 15 is 0 Å². The van der Waals surface area contributed by atoms with Gasteiger partial charge in [-0.25, -0.2) is 9.18 Å². The summed E-state index contributed by atoms with van der Waals surface area (Å²) in [5.41, 5.74) is -3.95. The molecule has 0 aromatic heterocycles. The van der Waals surface area contributed by atoms with Crippen molar-refractivity contribution in [2.24, 2.45) is 0 Å². The molecule has 1 aromatic rings. The van der Waals surface area contributed by atoms with E-state index in [-0.39, 0.29) is 5.69 Å². The van der Waals surface area contributed by atoms with Gasteiger partial charge in [0.2, 0.25) is 0 Å². The fourth-order valence-corrected chi connectivity index (χ4v) is 1.05. The number of aliphatic carboxylic acids is 1. The summed E-state index contributed by atoms with van der Waals surface area (Å²) in [6.45, 7) is 0. The second-order valence-electron chi connectivity index (χ2n) is 2.88. The van der Waals surface area contributed by atoms with E-state index in [1.807, 2.05) is 0 Å². The molecule has 1 aromatic carbocycles. The number of nitro groups is 1. The molecule has 6 nitrogen and oxygen atoms in total. The maximum Gasteiger partial charge on any atom is 0.361 e. The van der Waals surface area contributed by atoms with E-state index in [0.29, 0.717) is 0 Å². The Hall–Kier alpha value is -2.49. The van der Waals surface area contributed by atoms with E-state index in [2.05, 4.69) is 0 Å². The zero-order valence-electron chi connectivity index (χ0n) is 7.75. The number of non-ortho nitro benzene ring substituents is 1. The van der Waals surface area contributed by atoms with Gasteiger partial charge < -0.3 is 5.11 Å². The van der Waals surface area contributed by atoms with Crippen LogP contribution in [0.2, 0.25) is 0 Å². The number of alkyl halides is 1. The van der Waals surface area contributed by atoms with Crippen molar-refractivity contribution >= 4 is 11.7 Å². The SMILES string of the molecule is N#CC(F)(C(=O)O)c1ccc([N+](=O)[O-])cc1. The minimum atomic E-state index is -3.19. The van der Waals surface area contributed by atoms with Gasteiger partial charge in [0.15, 0.2) is 0 Å². The van der Waals surface area contributed by atoms with Crippen LogP contribution in [-0.2, 0) is 10.5 Å². The molecule has 0 heterocycles. The minimum Gasteiger partial charge on any atom is -0.478 e. The predicted octanol–water partition coefficient (Wildman–Crippen LogP) is 1.37. The summed E-state index contributed by atoms with van der Waals surface area (Å²) >= 11 is 0. The van der Waals surface area contributed by atoms with Crippen molar-refractivity contribution in [2.75, 3.05) is 0 Å². The molecule has 0 bridgehead atoms. The molecule has 0 amide bonds. The largest absolute Gasteiger partial charge is 0.478 e.